The van der Waals surface area contributed by atoms with Crippen LogP contribution in [0.1, 0.15) is 10.7 Å². The number of rotatable bonds is 3. The van der Waals surface area contributed by atoms with Crippen molar-refractivity contribution < 1.29 is 0 Å². The minimum atomic E-state index is 0.708. The van der Waals surface area contributed by atoms with Gasteiger partial charge in [0.1, 0.15) is 0 Å². The fraction of sp³-hybridized carbons (Fsp3) is 0.154. The molecule has 90 valence electrons. The number of hydrogen-bond donors (Lipinski definition) is 1. The predicted octanol–water partition coefficient (Wildman–Crippen LogP) is 3.01. The number of thiazole rings is 1. The molecule has 2 aromatic heterocycles. The Labute approximate surface area is 109 Å². The molecule has 1 N–H and O–H groups in total. The number of benzene rings is 1. The van der Waals surface area contributed by atoms with Crippen molar-refractivity contribution >= 4 is 27.9 Å². The lowest BCUT2D eigenvalue weighted by Gasteiger charge is -2.06. The Hall–Kier alpha value is -2.01. The van der Waals surface area contributed by atoms with Crippen LogP contribution in [0.5, 0.6) is 0 Å². The van der Waals surface area contributed by atoms with Crippen molar-refractivity contribution in [1.29, 1.82) is 0 Å². The van der Waals surface area contributed by atoms with Crippen LogP contribution < -0.4 is 5.32 Å². The summed E-state index contributed by atoms with van der Waals surface area (Å²) in [5.41, 5.74) is 2.95. The van der Waals surface area contributed by atoms with Crippen LogP contribution in [0, 0.1) is 6.92 Å². The Morgan fingerprint density at radius 2 is 2.17 bits per heavy atom. The third-order valence-corrected chi connectivity index (χ3v) is 3.50. The quantitative estimate of drug-likeness (QED) is 0.782. The van der Waals surface area contributed by atoms with Crippen molar-refractivity contribution in [3.05, 3.63) is 46.5 Å². The molecule has 0 aliphatic heterocycles. The molecule has 0 amide bonds. The summed E-state index contributed by atoms with van der Waals surface area (Å²) < 4.78 is 0. The highest BCUT2D eigenvalue weighted by molar-refractivity contribution is 7.09. The van der Waals surface area contributed by atoms with E-state index in [1.807, 2.05) is 31.2 Å². The summed E-state index contributed by atoms with van der Waals surface area (Å²) in [5.74, 6) is 0. The first-order valence-corrected chi connectivity index (χ1v) is 6.56. The maximum atomic E-state index is 4.43. The normalized spacial score (nSPS) is 10.7. The van der Waals surface area contributed by atoms with Gasteiger partial charge < -0.3 is 5.32 Å². The van der Waals surface area contributed by atoms with Gasteiger partial charge in [0, 0.05) is 10.8 Å². The van der Waals surface area contributed by atoms with Crippen LogP contribution in [0.15, 0.2) is 35.8 Å². The van der Waals surface area contributed by atoms with Gasteiger partial charge in [-0.2, -0.15) is 10.2 Å². The van der Waals surface area contributed by atoms with Gasteiger partial charge in [-0.1, -0.05) is 18.2 Å². The highest BCUT2D eigenvalue weighted by Crippen LogP contribution is 2.20. The van der Waals surface area contributed by atoms with E-state index in [1.165, 1.54) is 0 Å². The van der Waals surface area contributed by atoms with Gasteiger partial charge in [0.05, 0.1) is 34.6 Å². The summed E-state index contributed by atoms with van der Waals surface area (Å²) in [6.45, 7) is 2.72. The average Bonchev–Trinajstić information content (AvgIpc) is 2.82. The van der Waals surface area contributed by atoms with Crippen molar-refractivity contribution in [3.63, 3.8) is 0 Å². The lowest BCUT2D eigenvalue weighted by atomic mass is 10.2. The first-order chi connectivity index (χ1) is 8.83. The Morgan fingerprint density at radius 1 is 1.28 bits per heavy atom. The predicted molar refractivity (Wildman–Crippen MR) is 73.7 cm³/mol. The van der Waals surface area contributed by atoms with Crippen LogP contribution in [0.2, 0.25) is 0 Å². The lowest BCUT2D eigenvalue weighted by Crippen LogP contribution is -2.01. The number of aromatic nitrogens is 3. The van der Waals surface area contributed by atoms with Crippen LogP contribution >= 0.6 is 11.3 Å². The van der Waals surface area contributed by atoms with E-state index in [0.717, 1.165) is 27.3 Å². The van der Waals surface area contributed by atoms with E-state index in [4.69, 9.17) is 0 Å². The maximum absolute atomic E-state index is 4.43. The molecule has 0 aliphatic rings. The van der Waals surface area contributed by atoms with Crippen LogP contribution in [0.3, 0.4) is 0 Å². The summed E-state index contributed by atoms with van der Waals surface area (Å²) in [4.78, 5) is 4.43. The Balaban J connectivity index is 1.86. The Bertz CT molecular complexity index is 672. The van der Waals surface area contributed by atoms with Crippen molar-refractivity contribution in [2.45, 2.75) is 13.5 Å². The van der Waals surface area contributed by atoms with Crippen molar-refractivity contribution in [1.82, 2.24) is 15.2 Å². The fourth-order valence-electron chi connectivity index (χ4n) is 1.82. The Morgan fingerprint density at radius 3 is 3.00 bits per heavy atom. The van der Waals surface area contributed by atoms with Gasteiger partial charge in [0.15, 0.2) is 0 Å². The van der Waals surface area contributed by atoms with Crippen LogP contribution in [-0.4, -0.2) is 15.2 Å². The molecule has 5 heteroatoms. The zero-order chi connectivity index (χ0) is 12.4. The number of hydrogen-bond acceptors (Lipinski definition) is 5. The van der Waals surface area contributed by atoms with Crippen molar-refractivity contribution in [2.24, 2.45) is 0 Å². The number of anilines is 1. The summed E-state index contributed by atoms with van der Waals surface area (Å²) in [6, 6.07) is 7.96. The molecular weight excluding hydrogens is 244 g/mol. The monoisotopic (exact) mass is 256 g/mol. The second-order valence-electron chi connectivity index (χ2n) is 3.99. The zero-order valence-electron chi connectivity index (χ0n) is 9.92. The molecule has 3 aromatic rings. The van der Waals surface area contributed by atoms with E-state index in [-0.39, 0.29) is 0 Å². The molecule has 0 unspecified atom stereocenters. The molecule has 0 aliphatic carbocycles. The van der Waals surface area contributed by atoms with Crippen molar-refractivity contribution in [3.8, 4) is 0 Å². The fourth-order valence-corrected chi connectivity index (χ4v) is 2.44. The topological polar surface area (TPSA) is 50.7 Å². The molecule has 4 nitrogen and oxygen atoms in total. The van der Waals surface area contributed by atoms with Gasteiger partial charge >= 0.3 is 0 Å². The maximum Gasteiger partial charge on any atom is 0.0950 e. The van der Waals surface area contributed by atoms with Gasteiger partial charge in [-0.05, 0) is 13.0 Å². The molecule has 3 rings (SSSR count). The molecule has 2 heterocycles. The number of nitrogens with zero attached hydrogens (tertiary/aromatic N) is 3. The van der Waals surface area contributed by atoms with E-state index in [0.29, 0.717) is 6.54 Å². The largest absolute Gasteiger partial charge is 0.378 e. The molecule has 18 heavy (non-hydrogen) atoms. The molecule has 0 bridgehead atoms. The molecule has 0 spiro atoms. The van der Waals surface area contributed by atoms with Crippen molar-refractivity contribution in [2.75, 3.05) is 5.32 Å². The molecule has 0 radical (unpaired) electrons. The first kappa shape index (κ1) is 11.1. The van der Waals surface area contributed by atoms with Gasteiger partial charge in [-0.25, -0.2) is 4.98 Å². The summed E-state index contributed by atoms with van der Waals surface area (Å²) in [5, 5.41) is 15.7. The third kappa shape index (κ3) is 2.17. The Kier molecular flexibility index (Phi) is 2.90. The third-order valence-electron chi connectivity index (χ3n) is 2.67. The van der Waals surface area contributed by atoms with E-state index >= 15 is 0 Å². The zero-order valence-corrected chi connectivity index (χ0v) is 10.7. The van der Waals surface area contributed by atoms with E-state index in [2.05, 4.69) is 25.9 Å². The second-order valence-corrected chi connectivity index (χ2v) is 5.05. The number of fused-ring (bicyclic) bond motifs is 1. The SMILES string of the molecule is Cc1nc(CNc2cnnc3ccccc23)cs1. The molecule has 0 fully saturated rings. The lowest BCUT2D eigenvalue weighted by molar-refractivity contribution is 1.03. The number of nitrogens with one attached hydrogen (secondary N) is 1. The molecule has 1 aromatic carbocycles. The second kappa shape index (κ2) is 4.70. The summed E-state index contributed by atoms with van der Waals surface area (Å²) in [7, 11) is 0. The standard InChI is InChI=1S/C13H12N4S/c1-9-16-10(8-18-9)6-14-13-7-15-17-12-5-3-2-4-11(12)13/h2-5,7-8H,6H2,1H3,(H,14,17). The van der Waals surface area contributed by atoms with E-state index in [1.54, 1.807) is 17.5 Å². The van der Waals surface area contributed by atoms with Crippen LogP contribution in [0.25, 0.3) is 10.9 Å². The minimum Gasteiger partial charge on any atom is -0.378 e. The van der Waals surface area contributed by atoms with Crippen LogP contribution in [-0.2, 0) is 6.54 Å². The summed E-state index contributed by atoms with van der Waals surface area (Å²) in [6.07, 6.45) is 1.75. The first-order valence-electron chi connectivity index (χ1n) is 5.68. The number of aryl methyl sites for hydroxylation is 1. The molecule has 0 atom stereocenters. The van der Waals surface area contributed by atoms with Gasteiger partial charge in [0.25, 0.3) is 0 Å². The molecule has 0 saturated carbocycles. The molecule has 0 saturated heterocycles. The van der Waals surface area contributed by atoms with Gasteiger partial charge in [0.2, 0.25) is 0 Å². The van der Waals surface area contributed by atoms with Crippen LogP contribution in [0.4, 0.5) is 5.69 Å². The average molecular weight is 256 g/mol. The van der Waals surface area contributed by atoms with E-state index < -0.39 is 0 Å². The highest BCUT2D eigenvalue weighted by Gasteiger charge is 2.03. The summed E-state index contributed by atoms with van der Waals surface area (Å²) >= 11 is 1.66. The minimum absolute atomic E-state index is 0.708. The smallest absolute Gasteiger partial charge is 0.0950 e. The van der Waals surface area contributed by atoms with Gasteiger partial charge in [-0.15, -0.1) is 11.3 Å². The van der Waals surface area contributed by atoms with E-state index in [9.17, 15) is 0 Å². The highest BCUT2D eigenvalue weighted by atomic mass is 32.1. The van der Waals surface area contributed by atoms with Gasteiger partial charge in [-0.3, -0.25) is 0 Å². The molecular formula is C13H12N4S.